The van der Waals surface area contributed by atoms with E-state index >= 15 is 0 Å². The van der Waals surface area contributed by atoms with Gasteiger partial charge in [0.15, 0.2) is 5.78 Å². The summed E-state index contributed by atoms with van der Waals surface area (Å²) in [5, 5.41) is 13.1. The van der Waals surface area contributed by atoms with Crippen molar-refractivity contribution in [3.8, 4) is 22.6 Å². The Hall–Kier alpha value is -3.60. The van der Waals surface area contributed by atoms with E-state index < -0.39 is 0 Å². The first kappa shape index (κ1) is 39.8. The third kappa shape index (κ3) is 10.2. The molecule has 0 amide bonds. The topological polar surface area (TPSA) is 76.2 Å². The number of rotatable bonds is 11. The third-order valence-corrected chi connectivity index (χ3v) is 9.04. The monoisotopic (exact) mass is 838 g/mol. The zero-order chi connectivity index (χ0) is 35.0. The summed E-state index contributed by atoms with van der Waals surface area (Å²) < 4.78 is 6.17. The van der Waals surface area contributed by atoms with Crippen LogP contribution in [0.15, 0.2) is 83.1 Å². The predicted molar refractivity (Wildman–Crippen MR) is 200 cm³/mol. The summed E-state index contributed by atoms with van der Waals surface area (Å²) in [6.07, 6.45) is 7.69. The summed E-state index contributed by atoms with van der Waals surface area (Å²) in [6, 6.07) is 24.6. The van der Waals surface area contributed by atoms with Crippen molar-refractivity contribution in [1.29, 1.82) is 0 Å². The van der Waals surface area contributed by atoms with Crippen LogP contribution in [-0.2, 0) is 36.7 Å². The van der Waals surface area contributed by atoms with Gasteiger partial charge in [0.25, 0.3) is 0 Å². The smallest absolute Gasteiger partial charge is 0.226 e. The first-order chi connectivity index (χ1) is 22.9. The van der Waals surface area contributed by atoms with Crippen LogP contribution in [0.5, 0.6) is 0 Å². The van der Waals surface area contributed by atoms with Crippen LogP contribution < -0.4 is 0 Å². The van der Waals surface area contributed by atoms with Crippen LogP contribution >= 0.6 is 0 Å². The number of aliphatic hydroxyl groups is 1. The zero-order valence-corrected chi connectivity index (χ0v) is 33.1. The Morgan fingerprint density at radius 3 is 2.22 bits per heavy atom. The molecule has 3 aromatic heterocycles. The number of fused-ring (bicyclic) bond motifs is 2. The molecule has 0 atom stereocenters. The minimum absolute atomic E-state index is 0. The molecule has 0 aliphatic carbocycles. The van der Waals surface area contributed by atoms with Crippen LogP contribution in [0.25, 0.3) is 44.5 Å². The molecule has 6 heteroatoms. The molecule has 49 heavy (non-hydrogen) atoms. The molecule has 0 saturated heterocycles. The maximum absolute atomic E-state index is 11.7. The van der Waals surface area contributed by atoms with Gasteiger partial charge in [-0.3, -0.25) is 9.78 Å². The molecule has 0 spiro atoms. The fraction of sp³-hybridized carbons (Fsp3) is 0.419. The number of carbonyl (C=O) groups is 1. The second-order valence-electron chi connectivity index (χ2n) is 14.2. The van der Waals surface area contributed by atoms with Gasteiger partial charge in [0.1, 0.15) is 5.76 Å². The standard InChI is InChI=1S/C30H29N2O.C13H24O2.Ir/c1-19(2)14-24-11-10-22-18-28(33-29(22)32-24)21-12-13-31-27(17-21)23-15-20-8-6-7-9-25(20)26(16-23)30(3,4)5;1-5-10(6-2)12(14)9-13(15)11(7-3)8-4;/h6-13,16-19H,14H2,1-5H3;9-11,14H,5-8H2,1-4H3;/q-1;;/b;12-9-;. The predicted octanol–water partition coefficient (Wildman–Crippen LogP) is 11.9. The molecule has 263 valence electrons. The van der Waals surface area contributed by atoms with Crippen molar-refractivity contribution in [3.63, 3.8) is 0 Å². The van der Waals surface area contributed by atoms with Gasteiger partial charge in [-0.15, -0.1) is 29.1 Å². The Balaban J connectivity index is 0.000000347. The van der Waals surface area contributed by atoms with Gasteiger partial charge in [-0.05, 0) is 67.7 Å². The number of hydrogen-bond donors (Lipinski definition) is 1. The van der Waals surface area contributed by atoms with E-state index in [1.807, 2.05) is 40.0 Å². The van der Waals surface area contributed by atoms with E-state index in [0.29, 0.717) is 11.6 Å². The van der Waals surface area contributed by atoms with Crippen LogP contribution in [-0.4, -0.2) is 20.9 Å². The Bertz CT molecular complexity index is 1860. The van der Waals surface area contributed by atoms with Gasteiger partial charge in [0.05, 0.1) is 5.76 Å². The van der Waals surface area contributed by atoms with Gasteiger partial charge in [-0.2, -0.15) is 0 Å². The van der Waals surface area contributed by atoms with Crippen molar-refractivity contribution in [2.24, 2.45) is 17.8 Å². The van der Waals surface area contributed by atoms with E-state index in [2.05, 4.69) is 100 Å². The van der Waals surface area contributed by atoms with Crippen molar-refractivity contribution in [3.05, 3.63) is 96.0 Å². The number of furan rings is 1. The first-order valence-electron chi connectivity index (χ1n) is 17.6. The van der Waals surface area contributed by atoms with E-state index in [4.69, 9.17) is 9.40 Å². The molecule has 5 nitrogen and oxygen atoms in total. The van der Waals surface area contributed by atoms with E-state index in [0.717, 1.165) is 71.2 Å². The van der Waals surface area contributed by atoms with E-state index in [1.165, 1.54) is 17.0 Å². The summed E-state index contributed by atoms with van der Waals surface area (Å²) in [5.41, 5.74) is 5.93. The summed E-state index contributed by atoms with van der Waals surface area (Å²) in [4.78, 5) is 21.1. The van der Waals surface area contributed by atoms with Gasteiger partial charge >= 0.3 is 0 Å². The van der Waals surface area contributed by atoms with Crippen LogP contribution in [0.2, 0.25) is 0 Å². The van der Waals surface area contributed by atoms with Gasteiger partial charge in [0, 0.05) is 66.6 Å². The fourth-order valence-electron chi connectivity index (χ4n) is 6.13. The maximum Gasteiger partial charge on any atom is 0.226 e. The molecule has 0 fully saturated rings. The molecule has 1 radical (unpaired) electrons. The van der Waals surface area contributed by atoms with E-state index in [-0.39, 0.29) is 48.9 Å². The fourth-order valence-corrected chi connectivity index (χ4v) is 6.13. The molecule has 0 saturated carbocycles. The minimum Gasteiger partial charge on any atom is -0.512 e. The molecule has 5 rings (SSSR count). The van der Waals surface area contributed by atoms with E-state index in [9.17, 15) is 9.90 Å². The van der Waals surface area contributed by atoms with Gasteiger partial charge in [-0.1, -0.05) is 97.5 Å². The number of pyridine rings is 2. The van der Waals surface area contributed by atoms with Gasteiger partial charge < -0.3 is 9.52 Å². The van der Waals surface area contributed by atoms with Crippen LogP contribution in [0.3, 0.4) is 0 Å². The SMILES string of the molecule is CC(C)Cc1ccc2cc(-c3ccnc(-c4[c-]c5ccccc5c(C(C)(C)C)c4)c3)oc2n1.CCC(CC)C(=O)/C=C(\O)C(CC)CC.[Ir]. The van der Waals surface area contributed by atoms with Crippen LogP contribution in [0.1, 0.15) is 99.3 Å². The van der Waals surface area contributed by atoms with Crippen molar-refractivity contribution in [2.45, 2.75) is 99.8 Å². The zero-order valence-electron chi connectivity index (χ0n) is 30.7. The molecular weight excluding hydrogens is 785 g/mol. The number of nitrogens with zero attached hydrogens (tertiary/aromatic N) is 2. The molecule has 0 aliphatic heterocycles. The summed E-state index contributed by atoms with van der Waals surface area (Å²) in [7, 11) is 0. The number of allylic oxidation sites excluding steroid dienone is 2. The quantitative estimate of drug-likeness (QED) is 0.0815. The van der Waals surface area contributed by atoms with Crippen molar-refractivity contribution in [2.75, 3.05) is 0 Å². The average Bonchev–Trinajstić information content (AvgIpc) is 3.49. The Kier molecular flexibility index (Phi) is 14.5. The number of benzene rings is 2. The Morgan fingerprint density at radius 2 is 1.59 bits per heavy atom. The molecule has 3 heterocycles. The number of ketones is 1. The molecule has 0 aliphatic rings. The van der Waals surface area contributed by atoms with Gasteiger partial charge in [0.2, 0.25) is 5.71 Å². The molecular formula is C43H53IrN2O3-. The largest absolute Gasteiger partial charge is 0.512 e. The Morgan fingerprint density at radius 1 is 0.918 bits per heavy atom. The molecule has 1 N–H and O–H groups in total. The van der Waals surface area contributed by atoms with Crippen molar-refractivity contribution in [1.82, 2.24) is 9.97 Å². The maximum atomic E-state index is 11.7. The molecule has 2 aromatic carbocycles. The third-order valence-electron chi connectivity index (χ3n) is 9.04. The van der Waals surface area contributed by atoms with Crippen LogP contribution in [0.4, 0.5) is 0 Å². The second-order valence-corrected chi connectivity index (χ2v) is 14.2. The second kappa shape index (κ2) is 17.9. The summed E-state index contributed by atoms with van der Waals surface area (Å²) >= 11 is 0. The van der Waals surface area contributed by atoms with Crippen molar-refractivity contribution >= 4 is 27.7 Å². The molecule has 5 aromatic rings. The Labute approximate surface area is 307 Å². The number of hydrogen-bond acceptors (Lipinski definition) is 5. The number of aromatic nitrogens is 2. The van der Waals surface area contributed by atoms with E-state index in [1.54, 1.807) is 0 Å². The number of carbonyl (C=O) groups excluding carboxylic acids is 1. The number of aliphatic hydroxyl groups excluding tert-OH is 1. The molecule has 0 bridgehead atoms. The first-order valence-corrected chi connectivity index (χ1v) is 17.6. The average molecular weight is 838 g/mol. The van der Waals surface area contributed by atoms with Gasteiger partial charge in [-0.25, -0.2) is 4.98 Å². The minimum atomic E-state index is 0. The van der Waals surface area contributed by atoms with Crippen LogP contribution in [0, 0.1) is 23.8 Å². The van der Waals surface area contributed by atoms with Crippen molar-refractivity contribution < 1.29 is 34.4 Å². The summed E-state index contributed by atoms with van der Waals surface area (Å²) in [6.45, 7) is 19.2. The molecule has 0 unspecified atom stereocenters. The summed E-state index contributed by atoms with van der Waals surface area (Å²) in [5.74, 6) is 1.91. The normalized spacial score (nSPS) is 12.0.